The van der Waals surface area contributed by atoms with E-state index in [2.05, 4.69) is 10.4 Å². The zero-order valence-corrected chi connectivity index (χ0v) is 12.7. The number of benzene rings is 2. The standard InChI is InChI=1S/C17H15N3O4/c21-16-12-3-1-2-4-13(12)19-20(16)17(22)18-10-11-5-6-14-15(9-11)24-8-7-23-14/h1-6,9,19H,7-8,10H2,(H,18,22). The van der Waals surface area contributed by atoms with Crippen LogP contribution in [-0.2, 0) is 6.54 Å². The number of nitrogens with one attached hydrogen (secondary N) is 2. The van der Waals surface area contributed by atoms with Crippen LogP contribution in [-0.4, -0.2) is 29.0 Å². The smallest absolute Gasteiger partial charge is 0.343 e. The third-order valence-electron chi connectivity index (χ3n) is 3.85. The Hall–Kier alpha value is -3.22. The molecular weight excluding hydrogens is 310 g/mol. The van der Waals surface area contributed by atoms with Gasteiger partial charge in [-0.15, -0.1) is 0 Å². The van der Waals surface area contributed by atoms with Crippen molar-refractivity contribution in [1.82, 2.24) is 15.1 Å². The van der Waals surface area contributed by atoms with Crippen molar-refractivity contribution in [2.45, 2.75) is 6.54 Å². The number of nitrogens with zero attached hydrogens (tertiary/aromatic N) is 1. The van der Waals surface area contributed by atoms with Gasteiger partial charge in [-0.3, -0.25) is 9.89 Å². The third-order valence-corrected chi connectivity index (χ3v) is 3.85. The summed E-state index contributed by atoms with van der Waals surface area (Å²) in [5.74, 6) is 1.36. The predicted octanol–water partition coefficient (Wildman–Crippen LogP) is 1.86. The average Bonchev–Trinajstić information content (AvgIpc) is 2.97. The number of hydrogen-bond acceptors (Lipinski definition) is 4. The first-order valence-corrected chi connectivity index (χ1v) is 7.59. The molecular formula is C17H15N3O4. The highest BCUT2D eigenvalue weighted by Gasteiger charge is 2.14. The largest absolute Gasteiger partial charge is 0.486 e. The molecule has 2 N–H and O–H groups in total. The van der Waals surface area contributed by atoms with Crippen LogP contribution in [0.25, 0.3) is 10.9 Å². The molecule has 0 bridgehead atoms. The van der Waals surface area contributed by atoms with Gasteiger partial charge in [-0.25, -0.2) is 4.79 Å². The van der Waals surface area contributed by atoms with Crippen molar-refractivity contribution in [3.63, 3.8) is 0 Å². The molecule has 1 amide bonds. The lowest BCUT2D eigenvalue weighted by Crippen LogP contribution is -2.35. The molecule has 0 saturated heterocycles. The lowest BCUT2D eigenvalue weighted by molar-refractivity contribution is 0.171. The summed E-state index contributed by atoms with van der Waals surface area (Å²) < 4.78 is 12.0. The van der Waals surface area contributed by atoms with Crippen LogP contribution in [0.3, 0.4) is 0 Å². The number of para-hydroxylation sites is 1. The van der Waals surface area contributed by atoms with E-state index >= 15 is 0 Å². The molecule has 1 aliphatic rings. The highest BCUT2D eigenvalue weighted by molar-refractivity contribution is 5.84. The summed E-state index contributed by atoms with van der Waals surface area (Å²) in [5, 5.41) is 6.00. The van der Waals surface area contributed by atoms with E-state index in [1.54, 1.807) is 24.3 Å². The van der Waals surface area contributed by atoms with Crippen LogP contribution in [0, 0.1) is 0 Å². The van der Waals surface area contributed by atoms with Gasteiger partial charge in [0.05, 0.1) is 10.9 Å². The summed E-state index contributed by atoms with van der Waals surface area (Å²) in [7, 11) is 0. The van der Waals surface area contributed by atoms with Gasteiger partial charge in [0.15, 0.2) is 11.5 Å². The van der Waals surface area contributed by atoms with Gasteiger partial charge >= 0.3 is 6.03 Å². The number of hydrogen-bond donors (Lipinski definition) is 2. The van der Waals surface area contributed by atoms with Crippen LogP contribution in [0.2, 0.25) is 0 Å². The molecule has 1 aromatic heterocycles. The van der Waals surface area contributed by atoms with Crippen LogP contribution < -0.4 is 20.3 Å². The van der Waals surface area contributed by atoms with Crippen molar-refractivity contribution in [2.24, 2.45) is 0 Å². The van der Waals surface area contributed by atoms with Gasteiger partial charge in [-0.1, -0.05) is 18.2 Å². The second kappa shape index (κ2) is 5.77. The number of amides is 1. The van der Waals surface area contributed by atoms with Crippen LogP contribution in [0.4, 0.5) is 4.79 Å². The zero-order valence-electron chi connectivity index (χ0n) is 12.7. The number of rotatable bonds is 2. The van der Waals surface area contributed by atoms with E-state index in [-0.39, 0.29) is 12.1 Å². The number of fused-ring (bicyclic) bond motifs is 2. The Morgan fingerprint density at radius 3 is 2.75 bits per heavy atom. The number of ether oxygens (including phenoxy) is 2. The quantitative estimate of drug-likeness (QED) is 0.753. The van der Waals surface area contributed by atoms with Crippen LogP contribution in [0.5, 0.6) is 11.5 Å². The number of aromatic nitrogens is 2. The van der Waals surface area contributed by atoms with Crippen LogP contribution >= 0.6 is 0 Å². The maximum absolute atomic E-state index is 12.3. The SMILES string of the molecule is O=C(NCc1ccc2c(c1)OCCO2)n1[nH]c2ccccc2c1=O. The zero-order chi connectivity index (χ0) is 16.5. The summed E-state index contributed by atoms with van der Waals surface area (Å²) in [5.41, 5.74) is 1.11. The van der Waals surface area contributed by atoms with Crippen LogP contribution in [0.1, 0.15) is 5.56 Å². The molecule has 3 aromatic rings. The topological polar surface area (TPSA) is 85.3 Å². The van der Waals surface area contributed by atoms with E-state index in [1.165, 1.54) is 0 Å². The maximum atomic E-state index is 12.3. The maximum Gasteiger partial charge on any atom is 0.343 e. The Bertz CT molecular complexity index is 973. The van der Waals surface area contributed by atoms with Gasteiger partial charge in [-0.05, 0) is 29.8 Å². The molecule has 0 saturated carbocycles. The fraction of sp³-hybridized carbons (Fsp3) is 0.176. The van der Waals surface area contributed by atoms with Gasteiger partial charge < -0.3 is 14.8 Å². The molecule has 1 aliphatic heterocycles. The first kappa shape index (κ1) is 14.4. The monoisotopic (exact) mass is 325 g/mol. The van der Waals surface area contributed by atoms with Crippen molar-refractivity contribution in [1.29, 1.82) is 0 Å². The summed E-state index contributed by atoms with van der Waals surface area (Å²) >= 11 is 0. The Kier molecular flexibility index (Phi) is 3.45. The number of carbonyl (C=O) groups excluding carboxylic acids is 1. The molecule has 0 unspecified atom stereocenters. The molecule has 2 heterocycles. The van der Waals surface area contributed by atoms with Crippen molar-refractivity contribution in [3.05, 3.63) is 58.4 Å². The second-order valence-corrected chi connectivity index (χ2v) is 5.43. The molecule has 122 valence electrons. The van der Waals surface area contributed by atoms with Gasteiger partial charge in [0.25, 0.3) is 5.56 Å². The minimum absolute atomic E-state index is 0.275. The lowest BCUT2D eigenvalue weighted by Gasteiger charge is -2.18. The summed E-state index contributed by atoms with van der Waals surface area (Å²) in [4.78, 5) is 24.5. The molecule has 0 atom stereocenters. The van der Waals surface area contributed by atoms with Gasteiger partial charge in [0.1, 0.15) is 13.2 Å². The Labute approximate surface area is 136 Å². The summed E-state index contributed by atoms with van der Waals surface area (Å²) in [6.45, 7) is 1.32. The molecule has 0 aliphatic carbocycles. The summed E-state index contributed by atoms with van der Waals surface area (Å²) in [6.07, 6.45) is 0. The molecule has 0 spiro atoms. The van der Waals surface area contributed by atoms with E-state index in [9.17, 15) is 9.59 Å². The first-order valence-electron chi connectivity index (χ1n) is 7.59. The molecule has 7 nitrogen and oxygen atoms in total. The number of H-pyrrole nitrogens is 1. The fourth-order valence-electron chi connectivity index (χ4n) is 2.66. The average molecular weight is 325 g/mol. The molecule has 2 aromatic carbocycles. The number of aromatic amines is 1. The Morgan fingerprint density at radius 2 is 1.92 bits per heavy atom. The van der Waals surface area contributed by atoms with Crippen molar-refractivity contribution in [2.75, 3.05) is 13.2 Å². The highest BCUT2D eigenvalue weighted by atomic mass is 16.6. The normalized spacial score (nSPS) is 13.0. The van der Waals surface area contributed by atoms with E-state index in [0.29, 0.717) is 35.6 Å². The second-order valence-electron chi connectivity index (χ2n) is 5.43. The molecule has 7 heteroatoms. The minimum Gasteiger partial charge on any atom is -0.486 e. The predicted molar refractivity (Wildman–Crippen MR) is 87.6 cm³/mol. The fourth-order valence-corrected chi connectivity index (χ4v) is 2.66. The van der Waals surface area contributed by atoms with Crippen LogP contribution in [0.15, 0.2) is 47.3 Å². The molecule has 4 rings (SSSR count). The Balaban J connectivity index is 1.52. The molecule has 24 heavy (non-hydrogen) atoms. The van der Waals surface area contributed by atoms with Gasteiger partial charge in [-0.2, -0.15) is 4.68 Å². The van der Waals surface area contributed by atoms with E-state index in [4.69, 9.17) is 9.47 Å². The van der Waals surface area contributed by atoms with Gasteiger partial charge in [0, 0.05) is 6.54 Å². The Morgan fingerprint density at radius 1 is 1.12 bits per heavy atom. The summed E-state index contributed by atoms with van der Waals surface area (Å²) in [6, 6.07) is 12.0. The van der Waals surface area contributed by atoms with Crippen molar-refractivity contribution in [3.8, 4) is 11.5 Å². The van der Waals surface area contributed by atoms with E-state index < -0.39 is 6.03 Å². The molecule has 0 radical (unpaired) electrons. The minimum atomic E-state index is -0.508. The third kappa shape index (κ3) is 2.50. The molecule has 0 fully saturated rings. The first-order chi connectivity index (χ1) is 11.7. The van der Waals surface area contributed by atoms with E-state index in [1.807, 2.05) is 18.2 Å². The van der Waals surface area contributed by atoms with Gasteiger partial charge in [0.2, 0.25) is 0 Å². The van der Waals surface area contributed by atoms with E-state index in [0.717, 1.165) is 10.2 Å². The lowest BCUT2D eigenvalue weighted by atomic mass is 10.2. The van der Waals surface area contributed by atoms with Crippen molar-refractivity contribution < 1.29 is 14.3 Å². The van der Waals surface area contributed by atoms with Crippen molar-refractivity contribution >= 4 is 16.9 Å². The number of carbonyl (C=O) groups is 1. The highest BCUT2D eigenvalue weighted by Crippen LogP contribution is 2.30.